The second-order valence-electron chi connectivity index (χ2n) is 7.03. The summed E-state index contributed by atoms with van der Waals surface area (Å²) in [5.74, 6) is 0.460. The third-order valence-corrected chi connectivity index (χ3v) is 5.73. The maximum Gasteiger partial charge on any atom is 0.261 e. The van der Waals surface area contributed by atoms with Crippen LogP contribution in [0.1, 0.15) is 48.9 Å². The number of rotatable bonds is 6. The molecule has 5 nitrogen and oxygen atoms in total. The number of carbonyl (C=O) groups excluding carboxylic acids is 1. The highest BCUT2D eigenvalue weighted by Gasteiger charge is 2.26. The molecule has 0 aliphatic heterocycles. The van der Waals surface area contributed by atoms with E-state index in [0.29, 0.717) is 33.9 Å². The van der Waals surface area contributed by atoms with E-state index in [2.05, 4.69) is 22.9 Å². The van der Waals surface area contributed by atoms with E-state index in [1.54, 1.807) is 36.2 Å². The van der Waals surface area contributed by atoms with Gasteiger partial charge >= 0.3 is 0 Å². The van der Waals surface area contributed by atoms with Crippen LogP contribution in [0.2, 0.25) is 5.02 Å². The lowest BCUT2D eigenvalue weighted by Crippen LogP contribution is -2.37. The van der Waals surface area contributed by atoms with E-state index in [-0.39, 0.29) is 17.5 Å². The molecule has 1 aromatic heterocycles. The van der Waals surface area contributed by atoms with Gasteiger partial charge in [-0.25, -0.2) is 4.98 Å². The van der Waals surface area contributed by atoms with Crippen LogP contribution in [-0.4, -0.2) is 26.9 Å². The number of benzene rings is 2. The Morgan fingerprint density at radius 1 is 1.28 bits per heavy atom. The van der Waals surface area contributed by atoms with Crippen molar-refractivity contribution in [3.05, 3.63) is 73.7 Å². The summed E-state index contributed by atoms with van der Waals surface area (Å²) in [6, 6.07) is 12.0. The molecule has 0 spiro atoms. The van der Waals surface area contributed by atoms with Gasteiger partial charge < -0.3 is 4.90 Å². The molecular weight excluding hydrogens is 454 g/mol. The number of hydrogen-bond donors (Lipinski definition) is 0. The molecule has 1 amide bonds. The molecular formula is C22H23BrClN3O2. The van der Waals surface area contributed by atoms with E-state index >= 15 is 0 Å². The highest BCUT2D eigenvalue weighted by Crippen LogP contribution is 2.24. The van der Waals surface area contributed by atoms with Gasteiger partial charge in [0.15, 0.2) is 0 Å². The summed E-state index contributed by atoms with van der Waals surface area (Å²) in [6.07, 6.45) is 1.82. The van der Waals surface area contributed by atoms with E-state index < -0.39 is 0 Å². The molecule has 1 unspecified atom stereocenters. The molecule has 0 N–H and O–H groups in total. The monoisotopic (exact) mass is 475 g/mol. The summed E-state index contributed by atoms with van der Waals surface area (Å²) >= 11 is 9.47. The van der Waals surface area contributed by atoms with Crippen LogP contribution in [0.25, 0.3) is 10.9 Å². The van der Waals surface area contributed by atoms with Gasteiger partial charge in [-0.05, 0) is 49.7 Å². The Labute approximate surface area is 183 Å². The van der Waals surface area contributed by atoms with Crippen LogP contribution in [0.3, 0.4) is 0 Å². The Hall–Kier alpha value is -2.18. The van der Waals surface area contributed by atoms with Gasteiger partial charge in [-0.1, -0.05) is 46.9 Å². The molecule has 152 valence electrons. The zero-order valence-corrected chi connectivity index (χ0v) is 19.0. The number of nitrogens with zero attached hydrogens (tertiary/aromatic N) is 3. The molecule has 3 rings (SSSR count). The Morgan fingerprint density at radius 3 is 2.72 bits per heavy atom. The fraction of sp³-hybridized carbons (Fsp3) is 0.318. The molecule has 0 saturated heterocycles. The summed E-state index contributed by atoms with van der Waals surface area (Å²) in [4.78, 5) is 32.7. The van der Waals surface area contributed by atoms with Gasteiger partial charge in [0.05, 0.1) is 16.9 Å². The van der Waals surface area contributed by atoms with Crippen molar-refractivity contribution >= 4 is 44.3 Å². The number of carbonyl (C=O) groups is 1. The van der Waals surface area contributed by atoms with Crippen molar-refractivity contribution in [2.24, 2.45) is 7.05 Å². The van der Waals surface area contributed by atoms with E-state index in [1.165, 1.54) is 4.57 Å². The zero-order chi connectivity index (χ0) is 21.1. The normalized spacial score (nSPS) is 12.2. The van der Waals surface area contributed by atoms with Gasteiger partial charge in [-0.3, -0.25) is 14.2 Å². The fourth-order valence-electron chi connectivity index (χ4n) is 3.36. The highest BCUT2D eigenvalue weighted by atomic mass is 79.9. The predicted molar refractivity (Wildman–Crippen MR) is 120 cm³/mol. The average Bonchev–Trinajstić information content (AvgIpc) is 2.71. The number of unbranched alkanes of at least 4 members (excludes halogenated alkanes) is 1. The lowest BCUT2D eigenvalue weighted by atomic mass is 10.1. The molecule has 0 radical (unpaired) electrons. The molecule has 0 aliphatic carbocycles. The SMILES string of the molecule is CCCCN(C(=O)c1cccc(Br)c1)C(C)c1nc2ccc(Cl)cc2c(=O)n1C. The third-order valence-electron chi connectivity index (χ3n) is 5.00. The molecule has 0 saturated carbocycles. The minimum Gasteiger partial charge on any atom is -0.329 e. The van der Waals surface area contributed by atoms with E-state index in [0.717, 1.165) is 17.3 Å². The number of fused-ring (bicyclic) bond motifs is 1. The second-order valence-corrected chi connectivity index (χ2v) is 8.39. The van der Waals surface area contributed by atoms with Gasteiger partial charge in [0, 0.05) is 28.7 Å². The summed E-state index contributed by atoms with van der Waals surface area (Å²) in [5.41, 5.74) is 0.995. The van der Waals surface area contributed by atoms with Crippen molar-refractivity contribution in [3.63, 3.8) is 0 Å². The van der Waals surface area contributed by atoms with Gasteiger partial charge in [-0.2, -0.15) is 0 Å². The van der Waals surface area contributed by atoms with Crippen LogP contribution in [0.4, 0.5) is 0 Å². The van der Waals surface area contributed by atoms with Crippen LogP contribution in [0, 0.1) is 0 Å². The second kappa shape index (κ2) is 9.09. The number of aromatic nitrogens is 2. The van der Waals surface area contributed by atoms with Crippen molar-refractivity contribution in [3.8, 4) is 0 Å². The third kappa shape index (κ3) is 4.54. The number of hydrogen-bond acceptors (Lipinski definition) is 3. The van der Waals surface area contributed by atoms with Crippen LogP contribution < -0.4 is 5.56 Å². The van der Waals surface area contributed by atoms with Crippen LogP contribution >= 0.6 is 27.5 Å². The molecule has 0 bridgehead atoms. The minimum atomic E-state index is -0.370. The first kappa shape index (κ1) is 21.5. The van der Waals surface area contributed by atoms with Crippen molar-refractivity contribution in [1.82, 2.24) is 14.5 Å². The van der Waals surface area contributed by atoms with Crippen molar-refractivity contribution in [2.45, 2.75) is 32.7 Å². The van der Waals surface area contributed by atoms with Crippen molar-refractivity contribution in [1.29, 1.82) is 0 Å². The lowest BCUT2D eigenvalue weighted by Gasteiger charge is -2.30. The van der Waals surface area contributed by atoms with E-state index in [9.17, 15) is 9.59 Å². The molecule has 29 heavy (non-hydrogen) atoms. The maximum absolute atomic E-state index is 13.3. The minimum absolute atomic E-state index is 0.0855. The predicted octanol–water partition coefficient (Wildman–Crippen LogP) is 5.35. The Balaban J connectivity index is 2.07. The van der Waals surface area contributed by atoms with Crippen molar-refractivity contribution < 1.29 is 4.79 Å². The summed E-state index contributed by atoms with van der Waals surface area (Å²) in [7, 11) is 1.68. The molecule has 2 aromatic carbocycles. The van der Waals surface area contributed by atoms with Crippen LogP contribution in [0.5, 0.6) is 0 Å². The van der Waals surface area contributed by atoms with Crippen molar-refractivity contribution in [2.75, 3.05) is 6.54 Å². The van der Waals surface area contributed by atoms with E-state index in [1.807, 2.05) is 25.1 Å². The first-order valence-corrected chi connectivity index (χ1v) is 10.7. The number of amides is 1. The smallest absolute Gasteiger partial charge is 0.261 e. The van der Waals surface area contributed by atoms with Gasteiger partial charge in [0.25, 0.3) is 11.5 Å². The standard InChI is InChI=1S/C22H23BrClN3O2/c1-4-5-11-27(21(28)15-7-6-8-16(23)12-15)14(2)20-25-19-10-9-17(24)13-18(19)22(29)26(20)3/h6-10,12-14H,4-5,11H2,1-3H3. The molecule has 7 heteroatoms. The molecule has 0 aliphatic rings. The Morgan fingerprint density at radius 2 is 2.03 bits per heavy atom. The molecule has 0 fully saturated rings. The van der Waals surface area contributed by atoms with E-state index in [4.69, 9.17) is 16.6 Å². The lowest BCUT2D eigenvalue weighted by molar-refractivity contribution is 0.0677. The molecule has 3 aromatic rings. The number of halogens is 2. The Bertz CT molecular complexity index is 1110. The summed E-state index contributed by atoms with van der Waals surface area (Å²) in [5, 5.41) is 0.959. The quantitative estimate of drug-likeness (QED) is 0.482. The summed E-state index contributed by atoms with van der Waals surface area (Å²) < 4.78 is 2.36. The summed E-state index contributed by atoms with van der Waals surface area (Å²) in [6.45, 7) is 4.58. The fourth-order valence-corrected chi connectivity index (χ4v) is 3.93. The van der Waals surface area contributed by atoms with Crippen LogP contribution in [0.15, 0.2) is 51.7 Å². The molecule has 1 heterocycles. The van der Waals surface area contributed by atoms with Gasteiger partial charge in [0.1, 0.15) is 5.82 Å². The largest absolute Gasteiger partial charge is 0.329 e. The highest BCUT2D eigenvalue weighted by molar-refractivity contribution is 9.10. The zero-order valence-electron chi connectivity index (χ0n) is 16.7. The molecule has 1 atom stereocenters. The Kier molecular flexibility index (Phi) is 6.75. The average molecular weight is 477 g/mol. The van der Waals surface area contributed by atoms with Gasteiger partial charge in [0.2, 0.25) is 0 Å². The van der Waals surface area contributed by atoms with Gasteiger partial charge in [-0.15, -0.1) is 0 Å². The van der Waals surface area contributed by atoms with Crippen LogP contribution in [-0.2, 0) is 7.05 Å². The first-order chi connectivity index (χ1) is 13.8. The topological polar surface area (TPSA) is 55.2 Å². The first-order valence-electron chi connectivity index (χ1n) is 9.56. The maximum atomic E-state index is 13.3.